The first kappa shape index (κ1) is 22.7. The zero-order valence-electron chi connectivity index (χ0n) is 16.8. The first-order valence-corrected chi connectivity index (χ1v) is 10.6. The van der Waals surface area contributed by atoms with Crippen LogP contribution in [0.1, 0.15) is 29.8 Å². The van der Waals surface area contributed by atoms with E-state index in [2.05, 4.69) is 5.32 Å². The largest absolute Gasteiger partial charge is 0.383 e. The van der Waals surface area contributed by atoms with Crippen molar-refractivity contribution in [1.82, 2.24) is 9.62 Å². The molecule has 8 heteroatoms. The monoisotopic (exact) mass is 418 g/mol. The van der Waals surface area contributed by atoms with E-state index in [0.717, 1.165) is 9.87 Å². The molecule has 0 bridgehead atoms. The Labute approximate surface area is 171 Å². The van der Waals surface area contributed by atoms with E-state index in [1.807, 2.05) is 18.2 Å². The molecule has 1 atom stereocenters. The molecule has 0 saturated carbocycles. The quantitative estimate of drug-likeness (QED) is 0.598. The number of nitrogens with one attached hydrogen (secondary N) is 1. The van der Waals surface area contributed by atoms with Crippen LogP contribution in [0.15, 0.2) is 59.5 Å². The third-order valence-electron chi connectivity index (χ3n) is 4.24. The van der Waals surface area contributed by atoms with Crippen molar-refractivity contribution in [3.63, 3.8) is 0 Å². The summed E-state index contributed by atoms with van der Waals surface area (Å²) in [6, 6.07) is 14.5. The van der Waals surface area contributed by atoms with E-state index in [9.17, 15) is 18.0 Å². The summed E-state index contributed by atoms with van der Waals surface area (Å²) in [5.41, 5.74) is 1.18. The van der Waals surface area contributed by atoms with Crippen LogP contribution in [0.2, 0.25) is 0 Å². The second-order valence-corrected chi connectivity index (χ2v) is 8.70. The zero-order chi connectivity index (χ0) is 21.4. The van der Waals surface area contributed by atoms with Crippen molar-refractivity contribution in [3.8, 4) is 0 Å². The summed E-state index contributed by atoms with van der Waals surface area (Å²) in [4.78, 5) is 23.9. The molecule has 0 saturated heterocycles. The second kappa shape index (κ2) is 10.3. The van der Waals surface area contributed by atoms with Gasteiger partial charge >= 0.3 is 0 Å². The maximum Gasteiger partial charge on any atom is 0.243 e. The normalized spacial score (nSPS) is 12.6. The van der Waals surface area contributed by atoms with Gasteiger partial charge in [0.15, 0.2) is 5.78 Å². The Bertz CT molecular complexity index is 927. The molecule has 0 spiro atoms. The number of Topliss-reactive ketones (excluding diaryl/α,β-unsaturated/α-hetero) is 1. The minimum atomic E-state index is -3.95. The second-order valence-electron chi connectivity index (χ2n) is 6.76. The predicted octanol–water partition coefficient (Wildman–Crippen LogP) is 2.23. The van der Waals surface area contributed by atoms with E-state index >= 15 is 0 Å². The molecule has 0 aliphatic carbocycles. The van der Waals surface area contributed by atoms with E-state index in [1.54, 1.807) is 19.1 Å². The lowest BCUT2D eigenvalue weighted by atomic mass is 10.2. The SMILES string of the molecule is COC[C@H](C)NC(=O)CN(Cc1ccccc1)S(=O)(=O)c1ccc(C(C)=O)cc1. The Kier molecular flexibility index (Phi) is 8.07. The lowest BCUT2D eigenvalue weighted by molar-refractivity contribution is -0.122. The van der Waals surface area contributed by atoms with E-state index in [-0.39, 0.29) is 29.8 Å². The standard InChI is InChI=1S/C21H26N2O5S/c1-16(15-28-3)22-21(25)14-23(13-18-7-5-4-6-8-18)29(26,27)20-11-9-19(10-12-20)17(2)24/h4-12,16H,13-15H2,1-3H3,(H,22,25)/t16-/m0/s1. The van der Waals surface area contributed by atoms with Crippen LogP contribution in [-0.2, 0) is 26.1 Å². The van der Waals surface area contributed by atoms with Crippen LogP contribution in [0.5, 0.6) is 0 Å². The summed E-state index contributed by atoms with van der Waals surface area (Å²) in [5, 5.41) is 2.73. The highest BCUT2D eigenvalue weighted by molar-refractivity contribution is 7.89. The number of hydrogen-bond acceptors (Lipinski definition) is 5. The molecule has 2 rings (SSSR count). The smallest absolute Gasteiger partial charge is 0.243 e. The number of sulfonamides is 1. The van der Waals surface area contributed by atoms with Crippen molar-refractivity contribution in [3.05, 3.63) is 65.7 Å². The molecule has 29 heavy (non-hydrogen) atoms. The predicted molar refractivity (Wildman–Crippen MR) is 110 cm³/mol. The van der Waals surface area contributed by atoms with Gasteiger partial charge in [-0.1, -0.05) is 42.5 Å². The summed E-state index contributed by atoms with van der Waals surface area (Å²) in [6.07, 6.45) is 0. The molecule has 7 nitrogen and oxygen atoms in total. The fourth-order valence-electron chi connectivity index (χ4n) is 2.80. The summed E-state index contributed by atoms with van der Waals surface area (Å²) < 4.78 is 32.5. The van der Waals surface area contributed by atoms with Crippen molar-refractivity contribution in [2.45, 2.75) is 31.3 Å². The van der Waals surface area contributed by atoms with Gasteiger partial charge in [0, 0.05) is 25.3 Å². The summed E-state index contributed by atoms with van der Waals surface area (Å²) in [5.74, 6) is -0.573. The minimum absolute atomic E-state index is 0.0242. The molecule has 0 aromatic heterocycles. The molecule has 0 fully saturated rings. The number of ether oxygens (including phenoxy) is 1. The molecule has 1 amide bonds. The fraction of sp³-hybridized carbons (Fsp3) is 0.333. The van der Waals surface area contributed by atoms with Gasteiger partial charge in [-0.25, -0.2) is 8.42 Å². The van der Waals surface area contributed by atoms with Crippen LogP contribution in [0.4, 0.5) is 0 Å². The van der Waals surface area contributed by atoms with E-state index in [4.69, 9.17) is 4.74 Å². The van der Waals surface area contributed by atoms with Gasteiger partial charge in [-0.3, -0.25) is 9.59 Å². The van der Waals surface area contributed by atoms with Crippen LogP contribution in [0.25, 0.3) is 0 Å². The maximum absolute atomic E-state index is 13.2. The lowest BCUT2D eigenvalue weighted by Gasteiger charge is -2.23. The molecule has 1 N–H and O–H groups in total. The van der Waals surface area contributed by atoms with Gasteiger partial charge in [0.2, 0.25) is 15.9 Å². The Morgan fingerprint density at radius 3 is 2.24 bits per heavy atom. The Morgan fingerprint density at radius 1 is 1.07 bits per heavy atom. The number of ketones is 1. The average molecular weight is 419 g/mol. The van der Waals surface area contributed by atoms with Gasteiger partial charge in [0.1, 0.15) is 0 Å². The number of benzene rings is 2. The molecule has 0 aliphatic rings. The Balaban J connectivity index is 2.29. The topological polar surface area (TPSA) is 92.8 Å². The van der Waals surface area contributed by atoms with Crippen LogP contribution in [0.3, 0.4) is 0 Å². The molecular weight excluding hydrogens is 392 g/mol. The van der Waals surface area contributed by atoms with Crippen molar-refractivity contribution in [1.29, 1.82) is 0 Å². The molecule has 0 aliphatic heterocycles. The summed E-state index contributed by atoms with van der Waals surface area (Å²) >= 11 is 0. The van der Waals surface area contributed by atoms with Crippen LogP contribution >= 0.6 is 0 Å². The molecule has 0 heterocycles. The number of nitrogens with zero attached hydrogens (tertiary/aromatic N) is 1. The molecule has 156 valence electrons. The number of rotatable bonds is 10. The van der Waals surface area contributed by atoms with Crippen LogP contribution < -0.4 is 5.32 Å². The van der Waals surface area contributed by atoms with Crippen molar-refractivity contribution in [2.75, 3.05) is 20.3 Å². The molecular formula is C21H26N2O5S. The van der Waals surface area contributed by atoms with Crippen molar-refractivity contribution < 1.29 is 22.7 Å². The number of carbonyl (C=O) groups is 2. The summed E-state index contributed by atoms with van der Waals surface area (Å²) in [7, 11) is -2.43. The van der Waals surface area contributed by atoms with Gasteiger partial charge in [-0.2, -0.15) is 4.31 Å². The number of carbonyl (C=O) groups excluding carboxylic acids is 2. The third-order valence-corrected chi connectivity index (χ3v) is 6.05. The molecule has 0 radical (unpaired) electrons. The summed E-state index contributed by atoms with van der Waals surface area (Å²) in [6.45, 7) is 3.22. The number of amides is 1. The highest BCUT2D eigenvalue weighted by atomic mass is 32.2. The maximum atomic E-state index is 13.2. The molecule has 2 aromatic carbocycles. The molecule has 0 unspecified atom stereocenters. The first-order valence-electron chi connectivity index (χ1n) is 9.17. The first-order chi connectivity index (χ1) is 13.7. The Morgan fingerprint density at radius 2 is 1.69 bits per heavy atom. The van der Waals surface area contributed by atoms with E-state index < -0.39 is 15.9 Å². The highest BCUT2D eigenvalue weighted by Crippen LogP contribution is 2.19. The van der Waals surface area contributed by atoms with Crippen molar-refractivity contribution >= 4 is 21.7 Å². The van der Waals surface area contributed by atoms with Gasteiger partial charge < -0.3 is 10.1 Å². The van der Waals surface area contributed by atoms with Crippen LogP contribution in [0, 0.1) is 0 Å². The lowest BCUT2D eigenvalue weighted by Crippen LogP contribution is -2.44. The average Bonchev–Trinajstić information content (AvgIpc) is 2.68. The molecule has 2 aromatic rings. The third kappa shape index (κ3) is 6.49. The van der Waals surface area contributed by atoms with Crippen molar-refractivity contribution in [2.24, 2.45) is 0 Å². The highest BCUT2D eigenvalue weighted by Gasteiger charge is 2.27. The number of hydrogen-bond donors (Lipinski definition) is 1. The zero-order valence-corrected chi connectivity index (χ0v) is 17.6. The van der Waals surface area contributed by atoms with Gasteiger partial charge in [0.05, 0.1) is 18.0 Å². The van der Waals surface area contributed by atoms with Gasteiger partial charge in [-0.15, -0.1) is 0 Å². The minimum Gasteiger partial charge on any atom is -0.383 e. The van der Waals surface area contributed by atoms with Crippen LogP contribution in [-0.4, -0.2) is 50.7 Å². The number of methoxy groups -OCH3 is 1. The van der Waals surface area contributed by atoms with Gasteiger partial charge in [-0.05, 0) is 31.5 Å². The van der Waals surface area contributed by atoms with E-state index in [0.29, 0.717) is 12.2 Å². The Hall–Kier alpha value is -2.55. The fourth-order valence-corrected chi connectivity index (χ4v) is 4.18. The van der Waals surface area contributed by atoms with Gasteiger partial charge in [0.25, 0.3) is 0 Å². The van der Waals surface area contributed by atoms with E-state index in [1.165, 1.54) is 38.3 Å².